The van der Waals surface area contributed by atoms with Crippen molar-refractivity contribution in [2.24, 2.45) is 0 Å². The molecule has 0 bridgehead atoms. The third-order valence-electron chi connectivity index (χ3n) is 2.80. The molecule has 1 heterocycles. The minimum absolute atomic E-state index is 0.0690. The number of hydrogen-bond donors (Lipinski definition) is 4. The Kier molecular flexibility index (Phi) is 4.88. The van der Waals surface area contributed by atoms with Crippen LogP contribution >= 0.6 is 7.82 Å². The number of anilines is 1. The van der Waals surface area contributed by atoms with Crippen molar-refractivity contribution < 1.29 is 18.9 Å². The number of nitrogen functional groups attached to an aromatic ring is 1. The second kappa shape index (κ2) is 6.66. The average molecular weight is 320 g/mol. The number of phosphoric acid groups is 1. The van der Waals surface area contributed by atoms with Gasteiger partial charge < -0.3 is 15.2 Å². The SMILES string of the molecule is Cc1ccc(N)cc1.O=P(O)(O)Oc1cc2ccccc2[nH]1. The number of nitrogens with two attached hydrogens (primary N) is 1. The van der Waals surface area contributed by atoms with Gasteiger partial charge in [-0.3, -0.25) is 9.79 Å². The van der Waals surface area contributed by atoms with Crippen LogP contribution in [0, 0.1) is 6.92 Å². The normalized spacial score (nSPS) is 10.9. The van der Waals surface area contributed by atoms with Crippen LogP contribution in [0.2, 0.25) is 0 Å². The van der Waals surface area contributed by atoms with E-state index in [-0.39, 0.29) is 5.88 Å². The summed E-state index contributed by atoms with van der Waals surface area (Å²) in [4.78, 5) is 19.9. The number of hydrogen-bond acceptors (Lipinski definition) is 3. The Balaban J connectivity index is 0.000000188. The molecule has 0 aliphatic rings. The summed E-state index contributed by atoms with van der Waals surface area (Å²) in [6, 6.07) is 16.6. The fourth-order valence-corrected chi connectivity index (χ4v) is 2.15. The lowest BCUT2D eigenvalue weighted by Gasteiger charge is -2.02. The van der Waals surface area contributed by atoms with Crippen LogP contribution in [0.1, 0.15) is 5.56 Å². The van der Waals surface area contributed by atoms with Gasteiger partial charge in [0.15, 0.2) is 0 Å². The van der Waals surface area contributed by atoms with E-state index in [0.29, 0.717) is 0 Å². The molecule has 0 fully saturated rings. The van der Waals surface area contributed by atoms with Gasteiger partial charge in [-0.2, -0.15) is 0 Å². The first kappa shape index (κ1) is 16.1. The summed E-state index contributed by atoms with van der Waals surface area (Å²) in [5, 5.41) is 0.843. The molecule has 116 valence electrons. The lowest BCUT2D eigenvalue weighted by atomic mass is 10.2. The molecular weight excluding hydrogens is 303 g/mol. The van der Waals surface area contributed by atoms with E-state index in [9.17, 15) is 4.57 Å². The molecule has 0 aliphatic carbocycles. The molecule has 0 aliphatic heterocycles. The van der Waals surface area contributed by atoms with Gasteiger partial charge in [-0.25, -0.2) is 4.57 Å². The lowest BCUT2D eigenvalue weighted by Crippen LogP contribution is -1.89. The highest BCUT2D eigenvalue weighted by Crippen LogP contribution is 2.37. The second-order valence-corrected chi connectivity index (χ2v) is 5.88. The molecule has 7 heteroatoms. The van der Waals surface area contributed by atoms with Gasteiger partial charge in [-0.15, -0.1) is 0 Å². The number of phosphoric ester groups is 1. The summed E-state index contributed by atoms with van der Waals surface area (Å²) < 4.78 is 14.9. The summed E-state index contributed by atoms with van der Waals surface area (Å²) in [6.07, 6.45) is 0. The molecule has 0 saturated carbocycles. The van der Waals surface area contributed by atoms with E-state index in [1.165, 1.54) is 11.6 Å². The van der Waals surface area contributed by atoms with Crippen molar-refractivity contribution >= 4 is 24.4 Å². The van der Waals surface area contributed by atoms with E-state index in [1.807, 2.05) is 49.4 Å². The molecule has 0 unspecified atom stereocenters. The molecule has 6 nitrogen and oxygen atoms in total. The molecule has 2 aromatic carbocycles. The van der Waals surface area contributed by atoms with Gasteiger partial charge in [0, 0.05) is 22.7 Å². The smallest absolute Gasteiger partial charge is 0.399 e. The number of H-pyrrole nitrogens is 1. The molecule has 0 spiro atoms. The van der Waals surface area contributed by atoms with E-state index < -0.39 is 7.82 Å². The predicted octanol–water partition coefficient (Wildman–Crippen LogP) is 3.22. The Bertz CT molecular complexity index is 739. The highest BCUT2D eigenvalue weighted by atomic mass is 31.2. The summed E-state index contributed by atoms with van der Waals surface area (Å²) in [6.45, 7) is 2.04. The van der Waals surface area contributed by atoms with Crippen LogP contribution in [0.15, 0.2) is 54.6 Å². The third-order valence-corrected chi connectivity index (χ3v) is 3.23. The van der Waals surface area contributed by atoms with E-state index >= 15 is 0 Å². The van der Waals surface area contributed by atoms with Crippen molar-refractivity contribution in [1.29, 1.82) is 0 Å². The van der Waals surface area contributed by atoms with Gasteiger partial charge in [0.1, 0.15) is 0 Å². The maximum Gasteiger partial charge on any atom is 0.525 e. The summed E-state index contributed by atoms with van der Waals surface area (Å²) in [5.74, 6) is 0.0690. The molecule has 22 heavy (non-hydrogen) atoms. The van der Waals surface area contributed by atoms with Gasteiger partial charge in [-0.1, -0.05) is 35.9 Å². The summed E-state index contributed by atoms with van der Waals surface area (Å²) >= 11 is 0. The third kappa shape index (κ3) is 4.93. The fourth-order valence-electron chi connectivity index (χ4n) is 1.79. The Labute approximate surface area is 127 Å². The van der Waals surface area contributed by atoms with Crippen molar-refractivity contribution in [2.75, 3.05) is 5.73 Å². The summed E-state index contributed by atoms with van der Waals surface area (Å²) in [7, 11) is -4.47. The number of aromatic nitrogens is 1. The molecule has 0 radical (unpaired) electrons. The van der Waals surface area contributed by atoms with Crippen molar-refractivity contribution in [3.05, 3.63) is 60.2 Å². The fraction of sp³-hybridized carbons (Fsp3) is 0.0667. The maximum atomic E-state index is 10.5. The van der Waals surface area contributed by atoms with Gasteiger partial charge in [0.05, 0.1) is 0 Å². The minimum atomic E-state index is -4.47. The molecule has 3 aromatic rings. The highest BCUT2D eigenvalue weighted by Gasteiger charge is 2.16. The topological polar surface area (TPSA) is 109 Å². The summed E-state index contributed by atoms with van der Waals surface area (Å²) in [5.41, 5.74) is 8.28. The van der Waals surface area contributed by atoms with E-state index in [2.05, 4.69) is 9.51 Å². The first-order valence-electron chi connectivity index (χ1n) is 6.48. The molecule has 3 rings (SSSR count). The molecule has 0 saturated heterocycles. The largest absolute Gasteiger partial charge is 0.525 e. The number of aromatic amines is 1. The van der Waals surface area contributed by atoms with Crippen LogP contribution in [0.4, 0.5) is 5.69 Å². The van der Waals surface area contributed by atoms with E-state index in [1.54, 1.807) is 6.07 Å². The number of fused-ring (bicyclic) bond motifs is 1. The zero-order valence-corrected chi connectivity index (χ0v) is 12.8. The number of rotatable bonds is 2. The monoisotopic (exact) mass is 320 g/mol. The van der Waals surface area contributed by atoms with Crippen LogP contribution in [0.25, 0.3) is 10.9 Å². The molecule has 1 aromatic heterocycles. The van der Waals surface area contributed by atoms with Crippen molar-refractivity contribution in [3.63, 3.8) is 0 Å². The number of para-hydroxylation sites is 1. The molecular formula is C15H17N2O4P. The van der Waals surface area contributed by atoms with Crippen molar-refractivity contribution in [1.82, 2.24) is 4.98 Å². The second-order valence-electron chi connectivity index (χ2n) is 4.71. The Morgan fingerprint density at radius 1 is 1.09 bits per heavy atom. The van der Waals surface area contributed by atoms with E-state index in [4.69, 9.17) is 15.5 Å². The molecule has 0 atom stereocenters. The molecule has 0 amide bonds. The van der Waals surface area contributed by atoms with Crippen LogP contribution in [-0.4, -0.2) is 14.8 Å². The average Bonchev–Trinajstić information content (AvgIpc) is 2.82. The molecule has 5 N–H and O–H groups in total. The predicted molar refractivity (Wildman–Crippen MR) is 86.6 cm³/mol. The minimum Gasteiger partial charge on any atom is -0.399 e. The quantitative estimate of drug-likeness (QED) is 0.428. The zero-order valence-electron chi connectivity index (χ0n) is 11.9. The van der Waals surface area contributed by atoms with E-state index in [0.717, 1.165) is 16.6 Å². The first-order valence-corrected chi connectivity index (χ1v) is 8.01. The van der Waals surface area contributed by atoms with Crippen LogP contribution in [0.3, 0.4) is 0 Å². The maximum absolute atomic E-state index is 10.5. The van der Waals surface area contributed by atoms with Gasteiger partial charge in [0.25, 0.3) is 0 Å². The van der Waals surface area contributed by atoms with Crippen LogP contribution < -0.4 is 10.3 Å². The first-order chi connectivity index (χ1) is 10.3. The Hall–Kier alpha value is -2.27. The van der Waals surface area contributed by atoms with Crippen LogP contribution in [0.5, 0.6) is 5.88 Å². The van der Waals surface area contributed by atoms with Gasteiger partial charge >= 0.3 is 7.82 Å². The lowest BCUT2D eigenvalue weighted by molar-refractivity contribution is 0.280. The Morgan fingerprint density at radius 3 is 2.27 bits per heavy atom. The number of benzene rings is 2. The highest BCUT2D eigenvalue weighted by molar-refractivity contribution is 7.46. The van der Waals surface area contributed by atoms with Gasteiger partial charge in [-0.05, 0) is 25.1 Å². The number of aryl methyl sites for hydroxylation is 1. The van der Waals surface area contributed by atoms with Crippen LogP contribution in [-0.2, 0) is 4.57 Å². The van der Waals surface area contributed by atoms with Crippen molar-refractivity contribution in [3.8, 4) is 5.88 Å². The van der Waals surface area contributed by atoms with Gasteiger partial charge in [0.2, 0.25) is 5.88 Å². The Morgan fingerprint density at radius 2 is 1.73 bits per heavy atom. The number of nitrogens with one attached hydrogen (secondary N) is 1. The standard InChI is InChI=1S/C8H8NO4P.C7H9N/c10-14(11,12)13-8-5-6-3-1-2-4-7(6)9-8;1-6-2-4-7(8)5-3-6/h1-5,9H,(H2,10,11,12);2-5H,8H2,1H3. The zero-order chi connectivity index (χ0) is 16.2. The van der Waals surface area contributed by atoms with Crippen molar-refractivity contribution in [2.45, 2.75) is 6.92 Å².